The van der Waals surface area contributed by atoms with E-state index in [-0.39, 0.29) is 5.91 Å². The summed E-state index contributed by atoms with van der Waals surface area (Å²) in [4.78, 5) is 13.8. The molecule has 132 valence electrons. The van der Waals surface area contributed by atoms with Gasteiger partial charge in [-0.2, -0.15) is 5.26 Å². The molecule has 1 amide bonds. The fourth-order valence-corrected chi connectivity index (χ4v) is 3.64. The van der Waals surface area contributed by atoms with Gasteiger partial charge in [-0.15, -0.1) is 0 Å². The van der Waals surface area contributed by atoms with Crippen LogP contribution < -0.4 is 5.32 Å². The van der Waals surface area contributed by atoms with Crippen LogP contribution in [0.3, 0.4) is 0 Å². The van der Waals surface area contributed by atoms with E-state index in [2.05, 4.69) is 41.9 Å². The molecule has 0 unspecified atom stereocenters. The first-order valence-corrected chi connectivity index (χ1v) is 9.49. The average Bonchev–Trinajstić information content (AvgIpc) is 2.95. The normalized spacial score (nSPS) is 10.7. The molecule has 0 aliphatic carbocycles. The smallest absolute Gasteiger partial charge is 0.272 e. The van der Waals surface area contributed by atoms with Crippen LogP contribution in [-0.4, -0.2) is 10.5 Å². The Hall–Kier alpha value is -2.71. The van der Waals surface area contributed by atoms with E-state index in [1.807, 2.05) is 36.6 Å². The summed E-state index contributed by atoms with van der Waals surface area (Å²) in [5, 5.41) is 14.9. The van der Waals surface area contributed by atoms with Crippen molar-refractivity contribution in [1.82, 2.24) is 4.57 Å². The second kappa shape index (κ2) is 7.67. The summed E-state index contributed by atoms with van der Waals surface area (Å²) in [6.45, 7) is 6.93. The van der Waals surface area contributed by atoms with Crippen LogP contribution in [-0.2, 0) is 13.0 Å². The van der Waals surface area contributed by atoms with Crippen LogP contribution in [0.15, 0.2) is 47.4 Å². The molecular weight excluding hydrogens is 342 g/mol. The van der Waals surface area contributed by atoms with Gasteiger partial charge in [0.05, 0.1) is 0 Å². The molecule has 2 aromatic carbocycles. The fraction of sp³-hybridized carbons (Fsp3) is 0.238. The van der Waals surface area contributed by atoms with E-state index in [0.29, 0.717) is 5.69 Å². The molecule has 0 radical (unpaired) electrons. The summed E-state index contributed by atoms with van der Waals surface area (Å²) >= 11 is 1.10. The zero-order valence-corrected chi connectivity index (χ0v) is 16.0. The van der Waals surface area contributed by atoms with Crippen molar-refractivity contribution in [1.29, 1.82) is 5.26 Å². The minimum absolute atomic E-state index is 0.112. The number of anilines is 1. The summed E-state index contributed by atoms with van der Waals surface area (Å²) < 4.78 is 2.07. The third kappa shape index (κ3) is 3.33. The molecule has 1 heterocycles. The Labute approximate surface area is 157 Å². The molecule has 0 aliphatic rings. The van der Waals surface area contributed by atoms with Crippen molar-refractivity contribution in [3.8, 4) is 5.40 Å². The van der Waals surface area contributed by atoms with Gasteiger partial charge in [0, 0.05) is 28.0 Å². The number of carbonyl (C=O) groups is 1. The highest BCUT2D eigenvalue weighted by Gasteiger charge is 2.19. The minimum Gasteiger partial charge on any atom is -0.337 e. The summed E-state index contributed by atoms with van der Waals surface area (Å²) in [7, 11) is 0. The zero-order chi connectivity index (χ0) is 18.7. The Morgan fingerprint density at radius 3 is 2.54 bits per heavy atom. The van der Waals surface area contributed by atoms with Crippen LogP contribution in [0.4, 0.5) is 5.69 Å². The Morgan fingerprint density at radius 2 is 1.92 bits per heavy atom. The molecule has 0 atom stereocenters. The number of carbonyl (C=O) groups excluding carboxylic acids is 1. The average molecular weight is 363 g/mol. The number of nitrogens with zero attached hydrogens (tertiary/aromatic N) is 2. The molecule has 0 aliphatic heterocycles. The third-order valence-electron chi connectivity index (χ3n) is 4.60. The number of thioether (sulfide) groups is 1. The highest BCUT2D eigenvalue weighted by atomic mass is 32.2. The van der Waals surface area contributed by atoms with E-state index in [0.717, 1.165) is 51.8 Å². The largest absolute Gasteiger partial charge is 0.337 e. The van der Waals surface area contributed by atoms with Gasteiger partial charge in [0.15, 0.2) is 0 Å². The molecule has 3 aromatic rings. The van der Waals surface area contributed by atoms with Crippen molar-refractivity contribution in [2.24, 2.45) is 0 Å². The Bertz CT molecular complexity index is 997. The van der Waals surface area contributed by atoms with Gasteiger partial charge in [-0.1, -0.05) is 13.0 Å². The maximum absolute atomic E-state index is 13.0. The van der Waals surface area contributed by atoms with Gasteiger partial charge in [0.1, 0.15) is 11.1 Å². The van der Waals surface area contributed by atoms with Crippen molar-refractivity contribution in [2.75, 3.05) is 5.32 Å². The number of aromatic nitrogens is 1. The minimum atomic E-state index is -0.112. The van der Waals surface area contributed by atoms with Gasteiger partial charge in [0.2, 0.25) is 0 Å². The molecule has 0 saturated heterocycles. The van der Waals surface area contributed by atoms with E-state index in [1.165, 1.54) is 5.56 Å². The highest BCUT2D eigenvalue weighted by Crippen LogP contribution is 2.28. The van der Waals surface area contributed by atoms with Crippen LogP contribution in [0.1, 0.15) is 35.5 Å². The predicted octanol–water partition coefficient (Wildman–Crippen LogP) is 5.36. The number of amides is 1. The van der Waals surface area contributed by atoms with E-state index in [9.17, 15) is 4.79 Å². The van der Waals surface area contributed by atoms with Gasteiger partial charge in [-0.3, -0.25) is 4.79 Å². The highest BCUT2D eigenvalue weighted by molar-refractivity contribution is 8.03. The van der Waals surface area contributed by atoms with Crippen LogP contribution in [0, 0.1) is 17.6 Å². The lowest BCUT2D eigenvalue weighted by Crippen LogP contribution is -2.17. The van der Waals surface area contributed by atoms with E-state index in [1.54, 1.807) is 0 Å². The van der Waals surface area contributed by atoms with Gasteiger partial charge >= 0.3 is 0 Å². The quantitative estimate of drug-likeness (QED) is 0.490. The van der Waals surface area contributed by atoms with Crippen LogP contribution >= 0.6 is 11.8 Å². The van der Waals surface area contributed by atoms with Crippen LogP contribution in [0.2, 0.25) is 0 Å². The fourth-order valence-electron chi connectivity index (χ4n) is 3.26. The van der Waals surface area contributed by atoms with E-state index < -0.39 is 0 Å². The SMILES string of the molecule is CCc1ccc2c(c1)c(C)c(C(=O)Nc1ccc(SC#N)cc1)n2CC. The molecule has 4 nitrogen and oxygen atoms in total. The lowest BCUT2D eigenvalue weighted by atomic mass is 10.1. The Morgan fingerprint density at radius 1 is 1.19 bits per heavy atom. The number of hydrogen-bond acceptors (Lipinski definition) is 3. The summed E-state index contributed by atoms with van der Waals surface area (Å²) in [6.07, 6.45) is 0.973. The summed E-state index contributed by atoms with van der Waals surface area (Å²) in [6, 6.07) is 13.7. The number of fused-ring (bicyclic) bond motifs is 1. The molecule has 0 bridgehead atoms. The number of aryl methyl sites for hydroxylation is 3. The molecule has 1 aromatic heterocycles. The molecule has 26 heavy (non-hydrogen) atoms. The molecule has 0 saturated carbocycles. The Balaban J connectivity index is 1.97. The lowest BCUT2D eigenvalue weighted by molar-refractivity contribution is 0.101. The van der Waals surface area contributed by atoms with Gasteiger partial charge in [0.25, 0.3) is 5.91 Å². The third-order valence-corrected chi connectivity index (χ3v) is 5.20. The first-order chi connectivity index (χ1) is 12.6. The van der Waals surface area contributed by atoms with Crippen molar-refractivity contribution in [3.63, 3.8) is 0 Å². The van der Waals surface area contributed by atoms with Crippen molar-refractivity contribution in [3.05, 3.63) is 59.3 Å². The second-order valence-electron chi connectivity index (χ2n) is 6.09. The maximum atomic E-state index is 13.0. The summed E-state index contributed by atoms with van der Waals surface area (Å²) in [5.41, 5.74) is 4.79. The summed E-state index contributed by atoms with van der Waals surface area (Å²) in [5.74, 6) is -0.112. The first kappa shape index (κ1) is 18.1. The maximum Gasteiger partial charge on any atom is 0.272 e. The zero-order valence-electron chi connectivity index (χ0n) is 15.2. The Kier molecular flexibility index (Phi) is 5.34. The standard InChI is InChI=1S/C21H21N3OS/c1-4-15-6-11-19-18(12-15)14(3)20(24(19)5-2)21(25)23-16-7-9-17(10-8-16)26-13-22/h6-12H,4-5H2,1-3H3,(H,23,25). The van der Waals surface area contributed by atoms with Gasteiger partial charge < -0.3 is 9.88 Å². The number of benzene rings is 2. The molecule has 0 spiro atoms. The number of thiocyanates is 1. The van der Waals surface area contributed by atoms with Crippen molar-refractivity contribution < 1.29 is 4.79 Å². The topological polar surface area (TPSA) is 57.8 Å². The molecular formula is C21H21N3OS. The van der Waals surface area contributed by atoms with Gasteiger partial charge in [-0.25, -0.2) is 0 Å². The molecule has 1 N–H and O–H groups in total. The monoisotopic (exact) mass is 363 g/mol. The van der Waals surface area contributed by atoms with Crippen LogP contribution in [0.25, 0.3) is 10.9 Å². The van der Waals surface area contributed by atoms with Crippen LogP contribution in [0.5, 0.6) is 0 Å². The number of nitriles is 1. The van der Waals surface area contributed by atoms with E-state index in [4.69, 9.17) is 5.26 Å². The number of hydrogen-bond donors (Lipinski definition) is 1. The molecule has 3 rings (SSSR count). The predicted molar refractivity (Wildman–Crippen MR) is 108 cm³/mol. The number of nitrogens with one attached hydrogen (secondary N) is 1. The van der Waals surface area contributed by atoms with Crippen molar-refractivity contribution >= 4 is 34.3 Å². The lowest BCUT2D eigenvalue weighted by Gasteiger charge is -2.10. The number of rotatable bonds is 5. The molecule has 0 fully saturated rings. The molecule has 5 heteroatoms. The first-order valence-electron chi connectivity index (χ1n) is 8.68. The van der Waals surface area contributed by atoms with E-state index >= 15 is 0 Å². The second-order valence-corrected chi connectivity index (χ2v) is 6.95. The van der Waals surface area contributed by atoms with Crippen molar-refractivity contribution in [2.45, 2.75) is 38.6 Å². The van der Waals surface area contributed by atoms with Gasteiger partial charge in [-0.05, 0) is 79.6 Å².